The summed E-state index contributed by atoms with van der Waals surface area (Å²) in [7, 11) is 0. The first-order valence-electron chi connectivity index (χ1n) is 5.32. The molecule has 0 amide bonds. The monoisotopic (exact) mass is 260 g/mol. The number of hydrogen-bond donors (Lipinski definition) is 0. The van der Waals surface area contributed by atoms with Gasteiger partial charge in [0.05, 0.1) is 13.0 Å². The molecule has 0 aromatic rings. The summed E-state index contributed by atoms with van der Waals surface area (Å²) >= 11 is 0. The molecular formula is C10H13F5O2. The van der Waals surface area contributed by atoms with Crippen molar-refractivity contribution in [3.8, 4) is 0 Å². The fourth-order valence-electron chi connectivity index (χ4n) is 1.24. The minimum absolute atomic E-state index is 0.0856. The van der Waals surface area contributed by atoms with Crippen LogP contribution in [0.2, 0.25) is 0 Å². The Balaban J connectivity index is 2.15. The minimum atomic E-state index is -5.59. The molecule has 0 unspecified atom stereocenters. The van der Waals surface area contributed by atoms with Gasteiger partial charge < -0.3 is 4.74 Å². The molecule has 7 heteroatoms. The van der Waals surface area contributed by atoms with Gasteiger partial charge >= 0.3 is 18.1 Å². The summed E-state index contributed by atoms with van der Waals surface area (Å²) in [5.74, 6) is -5.03. The fourth-order valence-corrected chi connectivity index (χ4v) is 1.24. The van der Waals surface area contributed by atoms with Crippen molar-refractivity contribution >= 4 is 5.97 Å². The molecule has 0 aromatic heterocycles. The van der Waals surface area contributed by atoms with E-state index in [-0.39, 0.29) is 6.42 Å². The van der Waals surface area contributed by atoms with Crippen molar-refractivity contribution in [2.45, 2.75) is 44.2 Å². The quantitative estimate of drug-likeness (QED) is 0.541. The first kappa shape index (κ1) is 14.2. The van der Waals surface area contributed by atoms with Crippen LogP contribution in [0.3, 0.4) is 0 Å². The van der Waals surface area contributed by atoms with Crippen molar-refractivity contribution in [3.05, 3.63) is 0 Å². The lowest BCUT2D eigenvalue weighted by atomic mass is 10.2. The maximum Gasteiger partial charge on any atom is 0.453 e. The smallest absolute Gasteiger partial charge is 0.453 e. The topological polar surface area (TPSA) is 26.3 Å². The predicted molar refractivity (Wildman–Crippen MR) is 48.5 cm³/mol. The molecule has 0 bridgehead atoms. The first-order chi connectivity index (χ1) is 7.72. The van der Waals surface area contributed by atoms with Crippen LogP contribution in [0, 0.1) is 5.92 Å². The Bertz CT molecular complexity index is 270. The fraction of sp³-hybridized carbons (Fsp3) is 0.900. The molecule has 0 spiro atoms. The van der Waals surface area contributed by atoms with E-state index >= 15 is 0 Å². The summed E-state index contributed by atoms with van der Waals surface area (Å²) in [6.07, 6.45) is -4.32. The molecule has 0 aromatic carbocycles. The van der Waals surface area contributed by atoms with Crippen LogP contribution in [0.4, 0.5) is 22.0 Å². The number of carbonyl (C=O) groups is 1. The summed E-state index contributed by atoms with van der Waals surface area (Å²) in [5.41, 5.74) is 0. The van der Waals surface area contributed by atoms with Gasteiger partial charge in [-0.15, -0.1) is 0 Å². The van der Waals surface area contributed by atoms with Crippen LogP contribution in [0.1, 0.15) is 32.1 Å². The Morgan fingerprint density at radius 1 is 1.18 bits per heavy atom. The van der Waals surface area contributed by atoms with Crippen molar-refractivity contribution in [1.29, 1.82) is 0 Å². The van der Waals surface area contributed by atoms with Gasteiger partial charge in [-0.25, -0.2) is 0 Å². The molecule has 0 radical (unpaired) electrons. The summed E-state index contributed by atoms with van der Waals surface area (Å²) < 4.78 is 64.3. The zero-order valence-electron chi connectivity index (χ0n) is 9.03. The zero-order valence-corrected chi connectivity index (χ0v) is 9.03. The van der Waals surface area contributed by atoms with Crippen molar-refractivity contribution in [3.63, 3.8) is 0 Å². The number of hydrogen-bond acceptors (Lipinski definition) is 2. The molecule has 0 N–H and O–H groups in total. The molecule has 0 atom stereocenters. The number of ether oxygens (including phenoxy) is 1. The zero-order chi connectivity index (χ0) is 13.1. The Labute approximate surface area is 95.1 Å². The Hall–Kier alpha value is -0.880. The van der Waals surface area contributed by atoms with Crippen molar-refractivity contribution in [2.75, 3.05) is 6.61 Å². The molecule has 0 heterocycles. The highest BCUT2D eigenvalue weighted by Crippen LogP contribution is 2.38. The summed E-state index contributed by atoms with van der Waals surface area (Å²) in [5, 5.41) is 0. The highest BCUT2D eigenvalue weighted by molar-refractivity contribution is 5.69. The van der Waals surface area contributed by atoms with Gasteiger partial charge in [0.2, 0.25) is 0 Å². The molecule has 2 nitrogen and oxygen atoms in total. The SMILES string of the molecule is O=C(CCC1CC1)OCCC(F)(F)C(F)(F)F. The molecule has 17 heavy (non-hydrogen) atoms. The van der Waals surface area contributed by atoms with Crippen LogP contribution >= 0.6 is 0 Å². The number of rotatable bonds is 6. The standard InChI is InChI=1S/C10H13F5O2/c11-9(12,10(13,14)15)5-6-17-8(16)4-3-7-1-2-7/h7H,1-6H2. The van der Waals surface area contributed by atoms with Crippen LogP contribution in [0.25, 0.3) is 0 Å². The predicted octanol–water partition coefficient (Wildman–Crippen LogP) is 3.31. The molecule has 1 aliphatic carbocycles. The molecule has 0 aliphatic heterocycles. The van der Waals surface area contributed by atoms with Crippen LogP contribution in [-0.2, 0) is 9.53 Å². The highest BCUT2D eigenvalue weighted by Gasteiger charge is 2.56. The molecule has 1 saturated carbocycles. The minimum Gasteiger partial charge on any atom is -0.465 e. The van der Waals surface area contributed by atoms with Gasteiger partial charge in [-0.05, 0) is 12.3 Å². The van der Waals surface area contributed by atoms with Gasteiger partial charge in [-0.1, -0.05) is 12.8 Å². The second-order valence-electron chi connectivity index (χ2n) is 4.15. The van der Waals surface area contributed by atoms with E-state index in [0.29, 0.717) is 12.3 Å². The lowest BCUT2D eigenvalue weighted by Crippen LogP contribution is -2.37. The molecule has 1 fully saturated rings. The number of alkyl halides is 5. The highest BCUT2D eigenvalue weighted by atomic mass is 19.4. The van der Waals surface area contributed by atoms with Gasteiger partial charge in [0, 0.05) is 6.42 Å². The van der Waals surface area contributed by atoms with Gasteiger partial charge in [0.25, 0.3) is 0 Å². The van der Waals surface area contributed by atoms with E-state index in [1.54, 1.807) is 0 Å². The maximum absolute atomic E-state index is 12.4. The third-order valence-electron chi connectivity index (χ3n) is 2.55. The largest absolute Gasteiger partial charge is 0.465 e. The lowest BCUT2D eigenvalue weighted by molar-refractivity contribution is -0.286. The van der Waals surface area contributed by atoms with E-state index in [9.17, 15) is 26.7 Å². The van der Waals surface area contributed by atoms with Crippen LogP contribution < -0.4 is 0 Å². The Kier molecular flexibility index (Phi) is 4.32. The number of esters is 1. The first-order valence-corrected chi connectivity index (χ1v) is 5.32. The normalized spacial score (nSPS) is 17.0. The number of halogens is 5. The van der Waals surface area contributed by atoms with E-state index in [1.165, 1.54) is 0 Å². The summed E-state index contributed by atoms with van der Waals surface area (Å²) in [6, 6.07) is 0. The summed E-state index contributed by atoms with van der Waals surface area (Å²) in [6.45, 7) is -0.907. The van der Waals surface area contributed by atoms with Crippen LogP contribution in [0.5, 0.6) is 0 Å². The van der Waals surface area contributed by atoms with Gasteiger partial charge in [0.15, 0.2) is 0 Å². The van der Waals surface area contributed by atoms with E-state index < -0.39 is 31.1 Å². The van der Waals surface area contributed by atoms with Crippen LogP contribution in [0.15, 0.2) is 0 Å². The van der Waals surface area contributed by atoms with Crippen LogP contribution in [-0.4, -0.2) is 24.7 Å². The van der Waals surface area contributed by atoms with Crippen molar-refractivity contribution < 1.29 is 31.5 Å². The van der Waals surface area contributed by atoms with E-state index in [4.69, 9.17) is 0 Å². The average Bonchev–Trinajstić information content (AvgIpc) is 2.96. The van der Waals surface area contributed by atoms with E-state index in [1.807, 2.05) is 0 Å². The third-order valence-corrected chi connectivity index (χ3v) is 2.55. The molecule has 1 aliphatic rings. The molecule has 1 rings (SSSR count). The Morgan fingerprint density at radius 2 is 1.76 bits per heavy atom. The van der Waals surface area contributed by atoms with Gasteiger partial charge in [-0.2, -0.15) is 22.0 Å². The third kappa shape index (κ3) is 4.87. The molecule has 0 saturated heterocycles. The van der Waals surface area contributed by atoms with Gasteiger partial charge in [0.1, 0.15) is 0 Å². The van der Waals surface area contributed by atoms with Gasteiger partial charge in [-0.3, -0.25) is 4.79 Å². The second-order valence-corrected chi connectivity index (χ2v) is 4.15. The Morgan fingerprint density at radius 3 is 2.24 bits per heavy atom. The summed E-state index contributed by atoms with van der Waals surface area (Å²) in [4.78, 5) is 11.0. The lowest BCUT2D eigenvalue weighted by Gasteiger charge is -2.19. The maximum atomic E-state index is 12.4. The molecule has 100 valence electrons. The molecular weight excluding hydrogens is 247 g/mol. The van der Waals surface area contributed by atoms with E-state index in [2.05, 4.69) is 4.74 Å². The average molecular weight is 260 g/mol. The van der Waals surface area contributed by atoms with E-state index in [0.717, 1.165) is 12.8 Å². The van der Waals surface area contributed by atoms with Crippen molar-refractivity contribution in [2.24, 2.45) is 5.92 Å². The van der Waals surface area contributed by atoms with Crippen molar-refractivity contribution in [1.82, 2.24) is 0 Å². The second kappa shape index (κ2) is 5.18. The number of carbonyl (C=O) groups excluding carboxylic acids is 1.